The fourth-order valence-corrected chi connectivity index (χ4v) is 6.10. The van der Waals surface area contributed by atoms with Gasteiger partial charge < -0.3 is 23.9 Å². The zero-order valence-corrected chi connectivity index (χ0v) is 26.6. The largest absolute Gasteiger partial charge is 0.493 e. The average molecular weight is 650 g/mol. The Labute approximate surface area is 272 Å². The molecule has 2 heterocycles. The molecule has 1 aromatic heterocycles. The number of hydrogen-bond donors (Lipinski definition) is 1. The lowest BCUT2D eigenvalue weighted by Gasteiger charge is -2.39. The Hall–Kier alpha value is -4.53. The number of methoxy groups -OCH3 is 1. The van der Waals surface area contributed by atoms with Crippen LogP contribution in [0.4, 0.5) is 18.9 Å². The Morgan fingerprint density at radius 1 is 1.06 bits per heavy atom. The van der Waals surface area contributed by atoms with E-state index >= 15 is 0 Å². The van der Waals surface area contributed by atoms with Gasteiger partial charge in [-0.05, 0) is 61.6 Å². The van der Waals surface area contributed by atoms with Crippen LogP contribution in [0.15, 0.2) is 66.9 Å². The van der Waals surface area contributed by atoms with Crippen molar-refractivity contribution in [2.45, 2.75) is 57.5 Å². The maximum Gasteiger partial charge on any atom is 0.422 e. The summed E-state index contributed by atoms with van der Waals surface area (Å²) in [6, 6.07) is 17.3. The molecule has 1 atom stereocenters. The van der Waals surface area contributed by atoms with E-state index in [9.17, 15) is 23.1 Å². The molecule has 3 aromatic carbocycles. The second kappa shape index (κ2) is 14.1. The third-order valence-corrected chi connectivity index (χ3v) is 8.67. The molecule has 0 bridgehead atoms. The van der Waals surface area contributed by atoms with E-state index in [2.05, 4.69) is 4.85 Å². The number of β-amino-alcohol motifs (C(OH)–C–C–N with tert-alkyl or cyclic N) is 1. The molecule has 47 heavy (non-hydrogen) atoms. The van der Waals surface area contributed by atoms with E-state index in [1.807, 2.05) is 31.2 Å². The summed E-state index contributed by atoms with van der Waals surface area (Å²) in [4.78, 5) is 17.0. The van der Waals surface area contributed by atoms with Crippen molar-refractivity contribution in [3.05, 3.63) is 101 Å². The second-order valence-electron chi connectivity index (χ2n) is 11.8. The Kier molecular flexibility index (Phi) is 10.1. The van der Waals surface area contributed by atoms with Gasteiger partial charge in [0.25, 0.3) is 0 Å². The van der Waals surface area contributed by atoms with Crippen LogP contribution in [-0.4, -0.2) is 66.2 Å². The summed E-state index contributed by atoms with van der Waals surface area (Å²) in [6.45, 7) is 11.6. The van der Waals surface area contributed by atoms with E-state index in [1.165, 1.54) is 25.4 Å². The van der Waals surface area contributed by atoms with Crippen LogP contribution >= 0.6 is 0 Å². The van der Waals surface area contributed by atoms with Crippen LogP contribution in [0.25, 0.3) is 15.7 Å². The lowest BCUT2D eigenvalue weighted by molar-refractivity contribution is -0.272. The number of rotatable bonds is 11. The van der Waals surface area contributed by atoms with Gasteiger partial charge in [-0.1, -0.05) is 42.5 Å². The first-order valence-electron chi connectivity index (χ1n) is 15.5. The fraction of sp³-hybridized carbons (Fsp3) is 0.389. The number of ether oxygens (including phenoxy) is 3. The Bertz CT molecular complexity index is 1770. The smallest absolute Gasteiger partial charge is 0.422 e. The third-order valence-electron chi connectivity index (χ3n) is 8.67. The maximum absolute atomic E-state index is 14.9. The lowest BCUT2D eigenvalue weighted by atomic mass is 9.91. The van der Waals surface area contributed by atoms with Crippen LogP contribution in [0.5, 0.6) is 11.5 Å². The number of nitrogens with zero attached hydrogens (tertiary/aromatic N) is 3. The predicted molar refractivity (Wildman–Crippen MR) is 172 cm³/mol. The standard InChI is InChI=1S/C36H38F3N3O5/c1-5-46-34(43)19-25-10-13-32(33(18-25)45-4)47-28-14-16-41(17-15-28)23-35(44,36(37,38)39)30-22-42(21-26-9-7-6-8-24(26)2)31-20-27(40-3)11-12-29(30)31/h6-13,18,20,22,28,44H,5,14-17,19,21,23H2,1-2,4H3. The molecule has 1 N–H and O–H groups in total. The number of aliphatic hydroxyl groups is 1. The minimum absolute atomic E-state index is 0.0935. The number of aryl methyl sites for hydroxylation is 1. The highest BCUT2D eigenvalue weighted by molar-refractivity contribution is 5.88. The van der Waals surface area contributed by atoms with Crippen molar-refractivity contribution in [1.29, 1.82) is 0 Å². The van der Waals surface area contributed by atoms with Gasteiger partial charge in [0.2, 0.25) is 5.60 Å². The first-order chi connectivity index (χ1) is 22.4. The minimum Gasteiger partial charge on any atom is -0.493 e. The molecule has 1 aliphatic heterocycles. The fourth-order valence-electron chi connectivity index (χ4n) is 6.10. The Morgan fingerprint density at radius 3 is 2.47 bits per heavy atom. The summed E-state index contributed by atoms with van der Waals surface area (Å²) in [5, 5.41) is 11.9. The van der Waals surface area contributed by atoms with Crippen molar-refractivity contribution < 1.29 is 37.3 Å². The van der Waals surface area contributed by atoms with Crippen molar-refractivity contribution in [3.63, 3.8) is 0 Å². The van der Waals surface area contributed by atoms with Crippen molar-refractivity contribution in [2.24, 2.45) is 0 Å². The Balaban J connectivity index is 1.35. The van der Waals surface area contributed by atoms with Gasteiger partial charge in [-0.15, -0.1) is 0 Å². The molecule has 1 unspecified atom stereocenters. The highest BCUT2D eigenvalue weighted by Gasteiger charge is 2.57. The number of fused-ring (bicyclic) bond motifs is 1. The molecule has 4 aromatic rings. The molecule has 1 saturated heterocycles. The molecule has 11 heteroatoms. The van der Waals surface area contributed by atoms with Crippen LogP contribution in [0.2, 0.25) is 0 Å². The van der Waals surface area contributed by atoms with Gasteiger partial charge in [-0.25, -0.2) is 4.85 Å². The van der Waals surface area contributed by atoms with Gasteiger partial charge in [0.05, 0.1) is 26.7 Å². The molecule has 0 aliphatic carbocycles. The van der Waals surface area contributed by atoms with Crippen molar-refractivity contribution >= 4 is 22.6 Å². The second-order valence-corrected chi connectivity index (χ2v) is 11.8. The number of esters is 1. The van der Waals surface area contributed by atoms with Crippen molar-refractivity contribution in [1.82, 2.24) is 9.47 Å². The molecule has 0 amide bonds. The van der Waals surface area contributed by atoms with Gasteiger partial charge in [-0.2, -0.15) is 13.2 Å². The first-order valence-corrected chi connectivity index (χ1v) is 15.5. The van der Waals surface area contributed by atoms with Gasteiger partial charge >= 0.3 is 12.1 Å². The number of hydrogen-bond acceptors (Lipinski definition) is 6. The number of benzene rings is 3. The molecule has 248 valence electrons. The van der Waals surface area contributed by atoms with Crippen LogP contribution in [0.3, 0.4) is 0 Å². The van der Waals surface area contributed by atoms with Crippen LogP contribution in [0.1, 0.15) is 42.0 Å². The van der Waals surface area contributed by atoms with E-state index in [0.717, 1.165) is 11.1 Å². The summed E-state index contributed by atoms with van der Waals surface area (Å²) >= 11 is 0. The minimum atomic E-state index is -4.97. The predicted octanol–water partition coefficient (Wildman–Crippen LogP) is 6.96. The monoisotopic (exact) mass is 649 g/mol. The van der Waals surface area contributed by atoms with Crippen LogP contribution < -0.4 is 9.47 Å². The van der Waals surface area contributed by atoms with Crippen molar-refractivity contribution in [2.75, 3.05) is 33.4 Å². The van der Waals surface area contributed by atoms with Crippen LogP contribution in [-0.2, 0) is 28.1 Å². The topological polar surface area (TPSA) is 77.5 Å². The molecular weight excluding hydrogens is 611 g/mol. The summed E-state index contributed by atoms with van der Waals surface area (Å²) in [7, 11) is 1.50. The van der Waals surface area contributed by atoms with E-state index < -0.39 is 18.3 Å². The molecule has 0 saturated carbocycles. The zero-order chi connectivity index (χ0) is 33.8. The number of likely N-dealkylation sites (tertiary alicyclic amines) is 1. The SMILES string of the molecule is [C-]#[N+]c1ccc2c(C(O)(CN3CCC(Oc4ccc(CC(=O)OCC)cc4OC)CC3)C(F)(F)F)cn(Cc3ccccc3C)c2c1. The lowest BCUT2D eigenvalue weighted by Crippen LogP contribution is -2.53. The average Bonchev–Trinajstić information content (AvgIpc) is 3.41. The van der Waals surface area contributed by atoms with E-state index in [4.69, 9.17) is 20.8 Å². The molecule has 1 aliphatic rings. The third kappa shape index (κ3) is 7.39. The number of piperidine rings is 1. The van der Waals surface area contributed by atoms with Crippen LogP contribution in [0, 0.1) is 13.5 Å². The van der Waals surface area contributed by atoms with Gasteiger partial charge in [0.1, 0.15) is 6.10 Å². The molecular formula is C36H38F3N3O5. The van der Waals surface area contributed by atoms with Gasteiger partial charge in [-0.3, -0.25) is 9.69 Å². The normalized spacial score (nSPS) is 15.6. The maximum atomic E-state index is 14.9. The highest BCUT2D eigenvalue weighted by atomic mass is 19.4. The van der Waals surface area contributed by atoms with E-state index in [0.29, 0.717) is 41.1 Å². The Morgan fingerprint density at radius 2 is 1.81 bits per heavy atom. The molecule has 1 fully saturated rings. The number of aromatic nitrogens is 1. The first kappa shape index (κ1) is 33.8. The summed E-state index contributed by atoms with van der Waals surface area (Å²) in [6.07, 6.45) is -2.91. The van der Waals surface area contributed by atoms with Gasteiger partial charge in [0.15, 0.2) is 17.2 Å². The molecule has 8 nitrogen and oxygen atoms in total. The van der Waals surface area contributed by atoms with Gasteiger partial charge in [0, 0.05) is 48.8 Å². The highest BCUT2D eigenvalue weighted by Crippen LogP contribution is 2.44. The number of alkyl halides is 3. The molecule has 5 rings (SSSR count). The summed E-state index contributed by atoms with van der Waals surface area (Å²) in [5.41, 5.74) is -0.0285. The molecule has 0 radical (unpaired) electrons. The van der Waals surface area contributed by atoms with Crippen molar-refractivity contribution in [3.8, 4) is 11.5 Å². The summed E-state index contributed by atoms with van der Waals surface area (Å²) < 4.78 is 63.1. The van der Waals surface area contributed by atoms with E-state index in [-0.39, 0.29) is 55.7 Å². The number of carbonyl (C=O) groups is 1. The number of carbonyl (C=O) groups excluding carboxylic acids is 1. The van der Waals surface area contributed by atoms with E-state index in [1.54, 1.807) is 40.7 Å². The number of halogens is 3. The zero-order valence-electron chi connectivity index (χ0n) is 26.6. The summed E-state index contributed by atoms with van der Waals surface area (Å²) in [5.74, 6) is 0.577. The quantitative estimate of drug-likeness (QED) is 0.140. The molecule has 0 spiro atoms.